The number of ether oxygens (including phenoxy) is 3. The molecule has 3 N–H and O–H groups in total. The van der Waals surface area contributed by atoms with Gasteiger partial charge in [-0.15, -0.1) is 0 Å². The van der Waals surface area contributed by atoms with E-state index in [4.69, 9.17) is 14.2 Å². The Bertz CT molecular complexity index is 1070. The number of hydrazone groups is 1. The fourth-order valence-electron chi connectivity index (χ4n) is 2.95. The number of halogens is 1. The van der Waals surface area contributed by atoms with Gasteiger partial charge in [0.15, 0.2) is 18.1 Å². The van der Waals surface area contributed by atoms with Crippen LogP contribution in [0.5, 0.6) is 11.5 Å². The molecule has 0 unspecified atom stereocenters. The first-order valence-electron chi connectivity index (χ1n) is 10.8. The van der Waals surface area contributed by atoms with Crippen LogP contribution in [0.1, 0.15) is 23.6 Å². The van der Waals surface area contributed by atoms with Crippen LogP contribution >= 0.6 is 15.9 Å². The number of methoxy groups -OCH3 is 1. The van der Waals surface area contributed by atoms with Crippen molar-refractivity contribution < 1.29 is 28.6 Å². The van der Waals surface area contributed by atoms with E-state index in [1.165, 1.54) is 13.3 Å². The molecule has 0 bridgehead atoms. The molecule has 3 amide bonds. The van der Waals surface area contributed by atoms with E-state index in [9.17, 15) is 14.4 Å². The lowest BCUT2D eigenvalue weighted by Crippen LogP contribution is -2.39. The summed E-state index contributed by atoms with van der Waals surface area (Å²) in [4.78, 5) is 35.9. The van der Waals surface area contributed by atoms with Crippen LogP contribution in [-0.4, -0.2) is 57.4 Å². The molecule has 11 heteroatoms. The van der Waals surface area contributed by atoms with Crippen molar-refractivity contribution in [2.75, 3.05) is 38.8 Å². The maximum Gasteiger partial charge on any atom is 0.329 e. The zero-order valence-corrected chi connectivity index (χ0v) is 21.7. The van der Waals surface area contributed by atoms with Crippen LogP contribution in [0.15, 0.2) is 39.9 Å². The molecule has 0 aliphatic carbocycles. The summed E-state index contributed by atoms with van der Waals surface area (Å²) in [5.41, 5.74) is 5.38. The summed E-state index contributed by atoms with van der Waals surface area (Å²) in [5.74, 6) is -1.31. The Morgan fingerprint density at radius 3 is 2.46 bits per heavy atom. The molecule has 2 aromatic carbocycles. The van der Waals surface area contributed by atoms with Crippen LogP contribution < -0.4 is 25.5 Å². The minimum absolute atomic E-state index is 0.210. The second kappa shape index (κ2) is 14.1. The average Bonchev–Trinajstić information content (AvgIpc) is 2.81. The van der Waals surface area contributed by atoms with Gasteiger partial charge in [-0.2, -0.15) is 5.10 Å². The molecule has 0 saturated heterocycles. The van der Waals surface area contributed by atoms with Gasteiger partial charge < -0.3 is 24.8 Å². The average molecular weight is 549 g/mol. The number of amides is 3. The SMILES string of the molecule is CCOc1cc(/C=N\NC(=O)C(=O)NCCOC)cc(Br)c1OCC(=O)Nc1c(C)cccc1C. The number of anilines is 1. The first kappa shape index (κ1) is 27.8. The summed E-state index contributed by atoms with van der Waals surface area (Å²) in [6, 6.07) is 9.08. The molecular weight excluding hydrogens is 520 g/mol. The van der Waals surface area contributed by atoms with Gasteiger partial charge in [-0.1, -0.05) is 18.2 Å². The summed E-state index contributed by atoms with van der Waals surface area (Å²) in [5, 5.41) is 9.07. The van der Waals surface area contributed by atoms with Crippen LogP contribution in [0.4, 0.5) is 5.69 Å². The highest BCUT2D eigenvalue weighted by molar-refractivity contribution is 9.10. The molecule has 0 aromatic heterocycles. The first-order valence-corrected chi connectivity index (χ1v) is 11.6. The van der Waals surface area contributed by atoms with Crippen molar-refractivity contribution in [3.8, 4) is 11.5 Å². The Labute approximate surface area is 212 Å². The van der Waals surface area contributed by atoms with Crippen molar-refractivity contribution in [2.45, 2.75) is 20.8 Å². The highest BCUT2D eigenvalue weighted by atomic mass is 79.9. The van der Waals surface area contributed by atoms with Crippen molar-refractivity contribution in [1.82, 2.24) is 10.7 Å². The number of benzene rings is 2. The second-order valence-electron chi connectivity index (χ2n) is 7.31. The number of hydrogen-bond acceptors (Lipinski definition) is 7. The third kappa shape index (κ3) is 8.69. The first-order chi connectivity index (χ1) is 16.8. The van der Waals surface area contributed by atoms with E-state index in [0.717, 1.165) is 16.8 Å². The highest BCUT2D eigenvalue weighted by Gasteiger charge is 2.15. The number of nitrogens with zero attached hydrogens (tertiary/aromatic N) is 1. The van der Waals surface area contributed by atoms with E-state index in [0.29, 0.717) is 28.1 Å². The van der Waals surface area contributed by atoms with Gasteiger partial charge in [0.1, 0.15) is 0 Å². The number of para-hydroxylation sites is 1. The van der Waals surface area contributed by atoms with Crippen LogP contribution in [0.25, 0.3) is 0 Å². The molecule has 0 spiro atoms. The third-order valence-electron chi connectivity index (χ3n) is 4.60. The molecule has 2 aromatic rings. The van der Waals surface area contributed by atoms with Gasteiger partial charge in [-0.05, 0) is 65.5 Å². The highest BCUT2D eigenvalue weighted by Crippen LogP contribution is 2.36. The monoisotopic (exact) mass is 548 g/mol. The van der Waals surface area contributed by atoms with Crippen LogP contribution in [-0.2, 0) is 19.1 Å². The number of carbonyl (C=O) groups excluding carboxylic acids is 3. The number of carbonyl (C=O) groups is 3. The fourth-order valence-corrected chi connectivity index (χ4v) is 3.53. The Balaban J connectivity index is 2.04. The predicted molar refractivity (Wildman–Crippen MR) is 136 cm³/mol. The van der Waals surface area contributed by atoms with Gasteiger partial charge in [0, 0.05) is 19.3 Å². The zero-order chi connectivity index (χ0) is 25.8. The molecule has 0 radical (unpaired) electrons. The molecule has 0 fully saturated rings. The molecule has 0 aliphatic rings. The number of hydrogen-bond donors (Lipinski definition) is 3. The number of nitrogens with one attached hydrogen (secondary N) is 3. The Kier molecular flexibility index (Phi) is 11.2. The molecule has 188 valence electrons. The minimum Gasteiger partial charge on any atom is -0.490 e. The number of rotatable bonds is 11. The lowest BCUT2D eigenvalue weighted by Gasteiger charge is -2.15. The van der Waals surface area contributed by atoms with Gasteiger partial charge in [0.2, 0.25) is 0 Å². The molecule has 0 aliphatic heterocycles. The maximum atomic E-state index is 12.5. The third-order valence-corrected chi connectivity index (χ3v) is 5.19. The van der Waals surface area contributed by atoms with E-state index in [1.54, 1.807) is 12.1 Å². The van der Waals surface area contributed by atoms with Gasteiger partial charge in [0.25, 0.3) is 5.91 Å². The van der Waals surface area contributed by atoms with Crippen molar-refractivity contribution >= 4 is 45.6 Å². The van der Waals surface area contributed by atoms with E-state index in [1.807, 2.05) is 39.0 Å². The van der Waals surface area contributed by atoms with Crippen LogP contribution in [0, 0.1) is 13.8 Å². The summed E-state index contributed by atoms with van der Waals surface area (Å²) in [6.45, 7) is 6.28. The van der Waals surface area contributed by atoms with Crippen molar-refractivity contribution in [3.63, 3.8) is 0 Å². The summed E-state index contributed by atoms with van der Waals surface area (Å²) >= 11 is 3.43. The molecular formula is C24H29BrN4O6. The quantitative estimate of drug-likeness (QED) is 0.171. The Morgan fingerprint density at radius 2 is 1.80 bits per heavy atom. The van der Waals surface area contributed by atoms with E-state index in [2.05, 4.69) is 37.1 Å². The standard InChI is InChI=1S/C24H29BrN4O6/c1-5-34-19-12-17(13-27-29-24(32)23(31)26-9-10-33-4)11-18(25)22(19)35-14-20(30)28-21-15(2)7-6-8-16(21)3/h6-8,11-13H,5,9-10,14H2,1-4H3,(H,26,31)(H,28,30)(H,29,32)/b27-13-. The topological polar surface area (TPSA) is 127 Å². The normalized spacial score (nSPS) is 10.7. The smallest absolute Gasteiger partial charge is 0.329 e. The summed E-state index contributed by atoms with van der Waals surface area (Å²) < 4.78 is 16.7. The molecule has 10 nitrogen and oxygen atoms in total. The lowest BCUT2D eigenvalue weighted by molar-refractivity contribution is -0.139. The molecule has 0 atom stereocenters. The van der Waals surface area contributed by atoms with Crippen molar-refractivity contribution in [3.05, 3.63) is 51.5 Å². The largest absolute Gasteiger partial charge is 0.490 e. The minimum atomic E-state index is -0.906. The van der Waals surface area contributed by atoms with Crippen molar-refractivity contribution in [2.24, 2.45) is 5.10 Å². The van der Waals surface area contributed by atoms with Gasteiger partial charge in [-0.3, -0.25) is 14.4 Å². The van der Waals surface area contributed by atoms with Gasteiger partial charge in [-0.25, -0.2) is 5.43 Å². The second-order valence-corrected chi connectivity index (χ2v) is 8.17. The van der Waals surface area contributed by atoms with Crippen LogP contribution in [0.3, 0.4) is 0 Å². The van der Waals surface area contributed by atoms with E-state index < -0.39 is 11.8 Å². The maximum absolute atomic E-state index is 12.5. The molecule has 35 heavy (non-hydrogen) atoms. The summed E-state index contributed by atoms with van der Waals surface area (Å²) in [6.07, 6.45) is 1.35. The van der Waals surface area contributed by atoms with E-state index in [-0.39, 0.29) is 25.7 Å². The Morgan fingerprint density at radius 1 is 1.09 bits per heavy atom. The number of aryl methyl sites for hydroxylation is 2. The zero-order valence-electron chi connectivity index (χ0n) is 20.1. The summed E-state index contributed by atoms with van der Waals surface area (Å²) in [7, 11) is 1.49. The van der Waals surface area contributed by atoms with Crippen molar-refractivity contribution in [1.29, 1.82) is 0 Å². The fraction of sp³-hybridized carbons (Fsp3) is 0.333. The molecule has 0 heterocycles. The molecule has 0 saturated carbocycles. The molecule has 2 rings (SSSR count). The van der Waals surface area contributed by atoms with Gasteiger partial charge in [0.05, 0.1) is 23.9 Å². The Hall–Kier alpha value is -3.44. The van der Waals surface area contributed by atoms with Gasteiger partial charge >= 0.3 is 11.8 Å². The van der Waals surface area contributed by atoms with Crippen LogP contribution in [0.2, 0.25) is 0 Å². The predicted octanol–water partition coefficient (Wildman–Crippen LogP) is 2.69. The van der Waals surface area contributed by atoms with E-state index >= 15 is 0 Å². The lowest BCUT2D eigenvalue weighted by atomic mass is 10.1.